The van der Waals surface area contributed by atoms with Crippen molar-refractivity contribution in [2.45, 2.75) is 401 Å². The topological polar surface area (TPSA) is 237 Å². The second kappa shape index (κ2) is 65.4. The summed E-state index contributed by atoms with van der Waals surface area (Å²) in [6.45, 7) is 14.2. The van der Waals surface area contributed by atoms with E-state index in [1.807, 2.05) is 0 Å². The van der Waals surface area contributed by atoms with E-state index in [2.05, 4.69) is 55.4 Å². The third-order valence-corrected chi connectivity index (χ3v) is 19.5. The van der Waals surface area contributed by atoms with Crippen LogP contribution in [0, 0.1) is 23.7 Å². The number of aliphatic hydroxyl groups excluding tert-OH is 1. The van der Waals surface area contributed by atoms with Crippen LogP contribution < -0.4 is 0 Å². The molecule has 0 fully saturated rings. The average molecular weight is 1400 g/mol. The summed E-state index contributed by atoms with van der Waals surface area (Å²) in [7, 11) is -9.91. The summed E-state index contributed by atoms with van der Waals surface area (Å²) < 4.78 is 68.5. The first-order valence-corrected chi connectivity index (χ1v) is 42.2. The fourth-order valence-corrected chi connectivity index (χ4v) is 13.1. The second-order valence-electron chi connectivity index (χ2n) is 29.3. The van der Waals surface area contributed by atoms with Crippen LogP contribution in [0.15, 0.2) is 0 Å². The van der Waals surface area contributed by atoms with Crippen molar-refractivity contribution in [3.05, 3.63) is 0 Å². The van der Waals surface area contributed by atoms with Crippen molar-refractivity contribution in [3.63, 3.8) is 0 Å². The molecule has 0 saturated carbocycles. The van der Waals surface area contributed by atoms with Gasteiger partial charge in [-0.2, -0.15) is 0 Å². The number of carbonyl (C=O) groups is 4. The number of esters is 4. The summed E-state index contributed by atoms with van der Waals surface area (Å²) in [5.41, 5.74) is 0. The molecule has 0 amide bonds. The zero-order chi connectivity index (χ0) is 70.3. The van der Waals surface area contributed by atoms with E-state index in [9.17, 15) is 43.2 Å². The van der Waals surface area contributed by atoms with E-state index in [4.69, 9.17) is 37.0 Å². The lowest BCUT2D eigenvalue weighted by Crippen LogP contribution is -2.30. The van der Waals surface area contributed by atoms with Crippen molar-refractivity contribution in [1.29, 1.82) is 0 Å². The van der Waals surface area contributed by atoms with Crippen LogP contribution in [0.1, 0.15) is 383 Å². The maximum Gasteiger partial charge on any atom is 0.472 e. The minimum atomic E-state index is -4.96. The molecule has 19 heteroatoms. The highest BCUT2D eigenvalue weighted by Crippen LogP contribution is 2.45. The van der Waals surface area contributed by atoms with Gasteiger partial charge in [0, 0.05) is 25.7 Å². The molecule has 3 unspecified atom stereocenters. The molecule has 564 valence electrons. The Morgan fingerprint density at radius 3 is 0.653 bits per heavy atom. The third kappa shape index (κ3) is 70.3. The Morgan fingerprint density at radius 1 is 0.263 bits per heavy atom. The monoisotopic (exact) mass is 1400 g/mol. The van der Waals surface area contributed by atoms with Crippen molar-refractivity contribution in [2.24, 2.45) is 23.7 Å². The SMILES string of the molecule is CC(C)CCCCCCCCCCCCCCCCC(=O)OC[C@H](COP(=O)(O)OCC(O)COP(=O)(O)OC[C@@H](COC(=O)CCCCCCCCCCC(C)C)OC(=O)CCCCCCCCCCCC(C)C)OC(=O)CCCCCCCCCCCCCCC(C)C. The first kappa shape index (κ1) is 93.1. The van der Waals surface area contributed by atoms with E-state index < -0.39 is 97.5 Å². The number of ether oxygens (including phenoxy) is 4. The largest absolute Gasteiger partial charge is 0.472 e. The summed E-state index contributed by atoms with van der Waals surface area (Å²) in [6, 6.07) is 0. The number of phosphoric ester groups is 2. The predicted molar refractivity (Wildman–Crippen MR) is 386 cm³/mol. The molecule has 0 aromatic carbocycles. The van der Waals surface area contributed by atoms with E-state index in [1.165, 1.54) is 186 Å². The molecule has 95 heavy (non-hydrogen) atoms. The lowest BCUT2D eigenvalue weighted by molar-refractivity contribution is -0.161. The standard InChI is InChI=1S/C76H148O17P2/c1-66(2)52-44-36-28-20-15-11-9-10-12-17-23-32-40-48-56-73(78)86-62-71(92-75(80)58-50-42-34-24-18-14-13-16-21-29-37-45-53-67(3)4)64-90-94(82,83)88-60-70(77)61-89-95(84,85)91-65-72(63-87-74(79)57-49-41-33-27-26-31-39-47-55-69(7)8)93-76(81)59-51-43-35-25-19-22-30-38-46-54-68(5)6/h66-72,77H,9-65H2,1-8H3,(H,82,83)(H,84,85)/t70?,71-,72-/m1/s1. The van der Waals surface area contributed by atoms with Gasteiger partial charge in [-0.3, -0.25) is 37.3 Å². The molecule has 0 aromatic heterocycles. The molecule has 0 aliphatic heterocycles. The van der Waals surface area contributed by atoms with Crippen LogP contribution in [-0.4, -0.2) is 96.7 Å². The van der Waals surface area contributed by atoms with Crippen LogP contribution in [0.4, 0.5) is 0 Å². The number of rotatable bonds is 73. The fourth-order valence-electron chi connectivity index (χ4n) is 11.6. The van der Waals surface area contributed by atoms with Crippen LogP contribution in [0.25, 0.3) is 0 Å². The third-order valence-electron chi connectivity index (χ3n) is 17.6. The number of phosphoric acid groups is 2. The molecule has 0 radical (unpaired) electrons. The minimum Gasteiger partial charge on any atom is -0.462 e. The van der Waals surface area contributed by atoms with Gasteiger partial charge in [-0.05, 0) is 49.4 Å². The van der Waals surface area contributed by atoms with E-state index in [0.29, 0.717) is 25.7 Å². The van der Waals surface area contributed by atoms with Gasteiger partial charge in [0.05, 0.1) is 26.4 Å². The molecule has 3 N–H and O–H groups in total. The summed E-state index contributed by atoms with van der Waals surface area (Å²) in [5.74, 6) is 0.918. The molecule has 0 aliphatic rings. The molecule has 0 saturated heterocycles. The van der Waals surface area contributed by atoms with E-state index >= 15 is 0 Å². The Kier molecular flexibility index (Phi) is 64.0. The molecule has 5 atom stereocenters. The van der Waals surface area contributed by atoms with Crippen molar-refractivity contribution in [1.82, 2.24) is 0 Å². The smallest absolute Gasteiger partial charge is 0.462 e. The van der Waals surface area contributed by atoms with Gasteiger partial charge in [0.2, 0.25) is 0 Å². The van der Waals surface area contributed by atoms with Crippen LogP contribution in [-0.2, 0) is 65.4 Å². The molecule has 0 rings (SSSR count). The van der Waals surface area contributed by atoms with Crippen LogP contribution >= 0.6 is 15.6 Å². The summed E-state index contributed by atoms with van der Waals surface area (Å²) in [4.78, 5) is 72.8. The number of hydrogen-bond acceptors (Lipinski definition) is 15. The normalized spacial score (nSPS) is 14.1. The molecule has 0 heterocycles. The average Bonchev–Trinajstić information content (AvgIpc) is 1.43. The van der Waals surface area contributed by atoms with Gasteiger partial charge >= 0.3 is 39.5 Å². The van der Waals surface area contributed by atoms with Crippen LogP contribution in [0.5, 0.6) is 0 Å². The van der Waals surface area contributed by atoms with Crippen molar-refractivity contribution in [3.8, 4) is 0 Å². The Labute approximate surface area is 581 Å². The van der Waals surface area contributed by atoms with Gasteiger partial charge in [0.15, 0.2) is 12.2 Å². The van der Waals surface area contributed by atoms with Crippen LogP contribution in [0.3, 0.4) is 0 Å². The lowest BCUT2D eigenvalue weighted by Gasteiger charge is -2.21. The predicted octanol–water partition coefficient (Wildman–Crippen LogP) is 22.0. The molecule has 0 aromatic rings. The maximum atomic E-state index is 13.1. The Hall–Kier alpha value is -1.94. The number of carbonyl (C=O) groups excluding carboxylic acids is 4. The zero-order valence-corrected chi connectivity index (χ0v) is 64.1. The Morgan fingerprint density at radius 2 is 0.442 bits per heavy atom. The summed E-state index contributed by atoms with van der Waals surface area (Å²) in [6.07, 6.45) is 50.0. The van der Waals surface area contributed by atoms with Gasteiger partial charge in [0.25, 0.3) is 0 Å². The molecular weight excluding hydrogens is 1250 g/mol. The van der Waals surface area contributed by atoms with Gasteiger partial charge in [0.1, 0.15) is 19.3 Å². The van der Waals surface area contributed by atoms with Crippen LogP contribution in [0.2, 0.25) is 0 Å². The molecule has 0 bridgehead atoms. The summed E-state index contributed by atoms with van der Waals surface area (Å²) in [5, 5.41) is 10.6. The maximum absolute atomic E-state index is 13.1. The fraction of sp³-hybridized carbons (Fsp3) is 0.947. The molecule has 0 spiro atoms. The zero-order valence-electron chi connectivity index (χ0n) is 62.3. The number of aliphatic hydroxyl groups is 1. The highest BCUT2D eigenvalue weighted by Gasteiger charge is 2.30. The van der Waals surface area contributed by atoms with Gasteiger partial charge in [-0.1, -0.05) is 331 Å². The number of hydrogen-bond donors (Lipinski definition) is 3. The van der Waals surface area contributed by atoms with Gasteiger partial charge < -0.3 is 33.8 Å². The first-order valence-electron chi connectivity index (χ1n) is 39.2. The lowest BCUT2D eigenvalue weighted by atomic mass is 10.0. The van der Waals surface area contributed by atoms with E-state index in [-0.39, 0.29) is 25.7 Å². The first-order chi connectivity index (χ1) is 45.6. The van der Waals surface area contributed by atoms with E-state index in [0.717, 1.165) is 114 Å². The van der Waals surface area contributed by atoms with Crippen molar-refractivity contribution in [2.75, 3.05) is 39.6 Å². The van der Waals surface area contributed by atoms with Gasteiger partial charge in [-0.15, -0.1) is 0 Å². The van der Waals surface area contributed by atoms with E-state index in [1.54, 1.807) is 0 Å². The quantitative estimate of drug-likeness (QED) is 0.0222. The Bertz CT molecular complexity index is 1870. The molecule has 17 nitrogen and oxygen atoms in total. The van der Waals surface area contributed by atoms with Gasteiger partial charge in [-0.25, -0.2) is 9.13 Å². The summed E-state index contributed by atoms with van der Waals surface area (Å²) >= 11 is 0. The second-order valence-corrected chi connectivity index (χ2v) is 32.2. The van der Waals surface area contributed by atoms with Crippen molar-refractivity contribution >= 4 is 39.5 Å². The van der Waals surface area contributed by atoms with Crippen molar-refractivity contribution < 1.29 is 80.2 Å². The highest BCUT2D eigenvalue weighted by atomic mass is 31.2. The Balaban J connectivity index is 5.25. The number of unbranched alkanes of at least 4 members (excludes halogenated alkanes) is 39. The minimum absolute atomic E-state index is 0.104. The molecule has 0 aliphatic carbocycles. The highest BCUT2D eigenvalue weighted by molar-refractivity contribution is 7.47. The molecular formula is C76H148O17P2.